The molecule has 0 aliphatic heterocycles. The van der Waals surface area contributed by atoms with Gasteiger partial charge in [0.2, 0.25) is 0 Å². The highest BCUT2D eigenvalue weighted by molar-refractivity contribution is 5.54. The molecule has 0 saturated heterocycles. The van der Waals surface area contributed by atoms with Gasteiger partial charge >= 0.3 is 0 Å². The van der Waals surface area contributed by atoms with Crippen molar-refractivity contribution in [2.24, 2.45) is 0 Å². The predicted molar refractivity (Wildman–Crippen MR) is 82.1 cm³/mol. The second-order valence-corrected chi connectivity index (χ2v) is 5.30. The Kier molecular flexibility index (Phi) is 6.30. The third-order valence-electron chi connectivity index (χ3n) is 3.96. The van der Waals surface area contributed by atoms with Crippen LogP contribution >= 0.6 is 0 Å². The first-order valence-corrected chi connectivity index (χ1v) is 7.52. The zero-order valence-corrected chi connectivity index (χ0v) is 12.3. The van der Waals surface area contributed by atoms with Gasteiger partial charge in [0.1, 0.15) is 0 Å². The zero-order valence-electron chi connectivity index (χ0n) is 12.3. The van der Waals surface area contributed by atoms with E-state index >= 15 is 0 Å². The van der Waals surface area contributed by atoms with Gasteiger partial charge in [0, 0.05) is 38.5 Å². The molecule has 2 rings (SSSR count). The van der Waals surface area contributed by atoms with E-state index in [1.165, 1.54) is 30.5 Å². The number of rotatable bonds is 9. The maximum atomic E-state index is 9.33. The highest BCUT2D eigenvalue weighted by Gasteiger charge is 2.25. The van der Waals surface area contributed by atoms with Crippen LogP contribution in [0.25, 0.3) is 0 Å². The molecule has 1 saturated carbocycles. The van der Waals surface area contributed by atoms with Crippen molar-refractivity contribution in [2.75, 3.05) is 38.3 Å². The fourth-order valence-corrected chi connectivity index (χ4v) is 2.64. The Morgan fingerprint density at radius 3 is 2.80 bits per heavy atom. The van der Waals surface area contributed by atoms with Crippen LogP contribution < -0.4 is 10.2 Å². The molecule has 1 aromatic carbocycles. The Balaban J connectivity index is 2.03. The van der Waals surface area contributed by atoms with Crippen LogP contribution in [-0.2, 0) is 11.3 Å². The first-order valence-electron chi connectivity index (χ1n) is 7.52. The van der Waals surface area contributed by atoms with Crippen molar-refractivity contribution in [3.8, 4) is 0 Å². The van der Waals surface area contributed by atoms with E-state index in [4.69, 9.17) is 4.74 Å². The Labute approximate surface area is 121 Å². The van der Waals surface area contributed by atoms with E-state index in [9.17, 15) is 5.11 Å². The molecule has 20 heavy (non-hydrogen) atoms. The molecule has 0 unspecified atom stereocenters. The van der Waals surface area contributed by atoms with Gasteiger partial charge in [0.05, 0.1) is 13.2 Å². The average Bonchev–Trinajstić information content (AvgIpc) is 2.42. The first kappa shape index (κ1) is 15.3. The van der Waals surface area contributed by atoms with Gasteiger partial charge < -0.3 is 20.1 Å². The number of anilines is 1. The van der Waals surface area contributed by atoms with E-state index in [2.05, 4.69) is 34.5 Å². The van der Waals surface area contributed by atoms with Gasteiger partial charge in [-0.15, -0.1) is 0 Å². The maximum Gasteiger partial charge on any atom is 0.0606 e. The SMILES string of the molecule is COCCNCc1ccccc1N(CCO)C1CCC1. The van der Waals surface area contributed by atoms with Crippen LogP contribution in [0.3, 0.4) is 0 Å². The molecule has 0 heterocycles. The smallest absolute Gasteiger partial charge is 0.0606 e. The molecule has 0 amide bonds. The van der Waals surface area contributed by atoms with Crippen molar-refractivity contribution >= 4 is 5.69 Å². The van der Waals surface area contributed by atoms with E-state index < -0.39 is 0 Å². The molecule has 0 spiro atoms. The molecule has 112 valence electrons. The summed E-state index contributed by atoms with van der Waals surface area (Å²) in [4.78, 5) is 2.37. The van der Waals surface area contributed by atoms with Crippen LogP contribution in [0, 0.1) is 0 Å². The summed E-state index contributed by atoms with van der Waals surface area (Å²) in [6.07, 6.45) is 3.79. The standard InChI is InChI=1S/C16H26N2O2/c1-20-12-9-17-13-14-5-2-3-8-16(14)18(10-11-19)15-6-4-7-15/h2-3,5,8,15,17,19H,4,6-7,9-13H2,1H3. The molecule has 4 heteroatoms. The molecule has 1 fully saturated rings. The minimum atomic E-state index is 0.210. The van der Waals surface area contributed by atoms with E-state index in [0.29, 0.717) is 6.04 Å². The third-order valence-corrected chi connectivity index (χ3v) is 3.96. The molecule has 0 bridgehead atoms. The van der Waals surface area contributed by atoms with Crippen molar-refractivity contribution in [3.63, 3.8) is 0 Å². The van der Waals surface area contributed by atoms with Crippen LogP contribution in [0.1, 0.15) is 24.8 Å². The van der Waals surface area contributed by atoms with Crippen LogP contribution in [0.4, 0.5) is 5.69 Å². The Morgan fingerprint density at radius 1 is 1.35 bits per heavy atom. The Bertz CT molecular complexity index is 394. The number of nitrogens with zero attached hydrogens (tertiary/aromatic N) is 1. The molecule has 1 aliphatic rings. The Hall–Kier alpha value is -1.10. The molecule has 0 atom stereocenters. The number of ether oxygens (including phenoxy) is 1. The highest BCUT2D eigenvalue weighted by atomic mass is 16.5. The van der Waals surface area contributed by atoms with Gasteiger partial charge in [-0.2, -0.15) is 0 Å². The summed E-state index contributed by atoms with van der Waals surface area (Å²) < 4.78 is 5.05. The molecular weight excluding hydrogens is 252 g/mol. The van der Waals surface area contributed by atoms with Crippen molar-refractivity contribution in [2.45, 2.75) is 31.8 Å². The second kappa shape index (κ2) is 8.25. The van der Waals surface area contributed by atoms with Crippen molar-refractivity contribution in [1.82, 2.24) is 5.32 Å². The molecule has 1 aliphatic carbocycles. The van der Waals surface area contributed by atoms with Gasteiger partial charge in [-0.1, -0.05) is 18.2 Å². The van der Waals surface area contributed by atoms with E-state index in [1.807, 2.05) is 0 Å². The maximum absolute atomic E-state index is 9.33. The lowest BCUT2D eigenvalue weighted by atomic mass is 9.90. The van der Waals surface area contributed by atoms with Gasteiger partial charge in [0.15, 0.2) is 0 Å². The second-order valence-electron chi connectivity index (χ2n) is 5.30. The van der Waals surface area contributed by atoms with Crippen LogP contribution in [0.2, 0.25) is 0 Å². The summed E-state index contributed by atoms with van der Waals surface area (Å²) >= 11 is 0. The summed E-state index contributed by atoms with van der Waals surface area (Å²) in [7, 11) is 1.72. The van der Waals surface area contributed by atoms with E-state index in [-0.39, 0.29) is 6.61 Å². The van der Waals surface area contributed by atoms with E-state index in [0.717, 1.165) is 26.2 Å². The van der Waals surface area contributed by atoms with Gasteiger partial charge in [-0.3, -0.25) is 0 Å². The summed E-state index contributed by atoms with van der Waals surface area (Å²) in [6, 6.07) is 9.09. The van der Waals surface area contributed by atoms with Crippen molar-refractivity contribution < 1.29 is 9.84 Å². The van der Waals surface area contributed by atoms with Gasteiger partial charge in [-0.05, 0) is 30.9 Å². The lowest BCUT2D eigenvalue weighted by molar-refractivity contribution is 0.199. The lowest BCUT2D eigenvalue weighted by Gasteiger charge is -2.40. The fraction of sp³-hybridized carbons (Fsp3) is 0.625. The number of hydrogen-bond donors (Lipinski definition) is 2. The molecule has 4 nitrogen and oxygen atoms in total. The normalized spacial score (nSPS) is 15.1. The number of aliphatic hydroxyl groups excluding tert-OH is 1. The summed E-state index contributed by atoms with van der Waals surface area (Å²) in [5.74, 6) is 0. The van der Waals surface area contributed by atoms with Crippen molar-refractivity contribution in [3.05, 3.63) is 29.8 Å². The third kappa shape index (κ3) is 3.95. The largest absolute Gasteiger partial charge is 0.395 e. The van der Waals surface area contributed by atoms with Crippen LogP contribution in [0.5, 0.6) is 0 Å². The van der Waals surface area contributed by atoms with Crippen LogP contribution in [0.15, 0.2) is 24.3 Å². The van der Waals surface area contributed by atoms with Gasteiger partial charge in [-0.25, -0.2) is 0 Å². The molecule has 2 N–H and O–H groups in total. The minimum absolute atomic E-state index is 0.210. The number of benzene rings is 1. The number of methoxy groups -OCH3 is 1. The number of nitrogens with one attached hydrogen (secondary N) is 1. The Morgan fingerprint density at radius 2 is 2.15 bits per heavy atom. The van der Waals surface area contributed by atoms with E-state index in [1.54, 1.807) is 7.11 Å². The predicted octanol–water partition coefficient (Wildman–Crippen LogP) is 1.77. The summed E-state index contributed by atoms with van der Waals surface area (Å²) in [6.45, 7) is 3.36. The molecule has 0 aromatic heterocycles. The monoisotopic (exact) mass is 278 g/mol. The van der Waals surface area contributed by atoms with Crippen LogP contribution in [-0.4, -0.2) is 44.6 Å². The summed E-state index contributed by atoms with van der Waals surface area (Å²) in [5.41, 5.74) is 2.56. The topological polar surface area (TPSA) is 44.7 Å². The quantitative estimate of drug-likeness (QED) is 0.676. The zero-order chi connectivity index (χ0) is 14.2. The number of para-hydroxylation sites is 1. The molecular formula is C16H26N2O2. The van der Waals surface area contributed by atoms with Crippen molar-refractivity contribution in [1.29, 1.82) is 0 Å². The number of hydrogen-bond acceptors (Lipinski definition) is 4. The van der Waals surface area contributed by atoms with Gasteiger partial charge in [0.25, 0.3) is 0 Å². The fourth-order valence-electron chi connectivity index (χ4n) is 2.64. The minimum Gasteiger partial charge on any atom is -0.395 e. The number of aliphatic hydroxyl groups is 1. The molecule has 1 aromatic rings. The molecule has 0 radical (unpaired) electrons. The summed E-state index contributed by atoms with van der Waals surface area (Å²) in [5, 5.41) is 12.7. The highest BCUT2D eigenvalue weighted by Crippen LogP contribution is 2.31. The average molecular weight is 278 g/mol. The lowest BCUT2D eigenvalue weighted by Crippen LogP contribution is -2.42. The first-order chi connectivity index (χ1) is 9.86.